The van der Waals surface area contributed by atoms with Crippen molar-refractivity contribution >= 4 is 11.8 Å². The van der Waals surface area contributed by atoms with E-state index in [9.17, 15) is 0 Å². The summed E-state index contributed by atoms with van der Waals surface area (Å²) in [5.74, 6) is 2.52. The maximum atomic E-state index is 8.80. The zero-order valence-electron chi connectivity index (χ0n) is 7.05. The number of rotatable bonds is 3. The van der Waals surface area contributed by atoms with E-state index in [0.717, 1.165) is 0 Å². The van der Waals surface area contributed by atoms with Crippen molar-refractivity contribution in [1.29, 1.82) is 0 Å². The van der Waals surface area contributed by atoms with Gasteiger partial charge in [0.2, 0.25) is 0 Å². The van der Waals surface area contributed by atoms with E-state index in [1.807, 2.05) is 18.7 Å². The van der Waals surface area contributed by atoms with Crippen LogP contribution in [-0.2, 0) is 0 Å². The van der Waals surface area contributed by atoms with Gasteiger partial charge in [-0.1, -0.05) is 0 Å². The molecule has 3 heteroatoms. The molecule has 2 nitrogen and oxygen atoms in total. The van der Waals surface area contributed by atoms with Crippen LogP contribution in [0, 0.1) is 0 Å². The van der Waals surface area contributed by atoms with Crippen LogP contribution in [0.5, 0.6) is 0 Å². The summed E-state index contributed by atoms with van der Waals surface area (Å²) in [6.07, 6.45) is 2.60. The monoisotopic (exact) mass is 175 g/mol. The minimum atomic E-state index is 0.251. The van der Waals surface area contributed by atoms with Crippen LogP contribution in [0.2, 0.25) is 0 Å². The van der Waals surface area contributed by atoms with Crippen LogP contribution in [0.3, 0.4) is 0 Å². The summed E-state index contributed by atoms with van der Waals surface area (Å²) in [4.78, 5) is 0. The van der Waals surface area contributed by atoms with E-state index < -0.39 is 0 Å². The van der Waals surface area contributed by atoms with Gasteiger partial charge in [-0.25, -0.2) is 0 Å². The SMILES string of the molecule is C[C@H](CO)NC1CCCSC1. The minimum absolute atomic E-state index is 0.251. The zero-order valence-corrected chi connectivity index (χ0v) is 7.86. The molecule has 1 fully saturated rings. The van der Waals surface area contributed by atoms with Gasteiger partial charge in [-0.2, -0.15) is 11.8 Å². The molecule has 2 N–H and O–H groups in total. The van der Waals surface area contributed by atoms with Gasteiger partial charge in [-0.05, 0) is 25.5 Å². The zero-order chi connectivity index (χ0) is 8.10. The lowest BCUT2D eigenvalue weighted by atomic mass is 10.1. The lowest BCUT2D eigenvalue weighted by Gasteiger charge is -2.25. The first-order valence-electron chi connectivity index (χ1n) is 4.27. The normalized spacial score (nSPS) is 28.4. The maximum Gasteiger partial charge on any atom is 0.0582 e. The lowest BCUT2D eigenvalue weighted by Crippen LogP contribution is -2.41. The molecule has 0 aromatic rings. The van der Waals surface area contributed by atoms with Crippen molar-refractivity contribution in [2.24, 2.45) is 0 Å². The summed E-state index contributed by atoms with van der Waals surface area (Å²) in [5, 5.41) is 12.2. The number of thioether (sulfide) groups is 1. The molecule has 11 heavy (non-hydrogen) atoms. The molecule has 1 aliphatic rings. The third kappa shape index (κ3) is 3.45. The molecule has 0 spiro atoms. The number of aliphatic hydroxyl groups excluding tert-OH is 1. The quantitative estimate of drug-likeness (QED) is 0.667. The second kappa shape index (κ2) is 5.01. The van der Waals surface area contributed by atoms with Crippen LogP contribution in [0.15, 0.2) is 0 Å². The third-order valence-electron chi connectivity index (χ3n) is 1.95. The van der Waals surface area contributed by atoms with E-state index in [1.54, 1.807) is 0 Å². The van der Waals surface area contributed by atoms with Crippen molar-refractivity contribution in [1.82, 2.24) is 5.32 Å². The molecule has 1 saturated heterocycles. The maximum absolute atomic E-state index is 8.80. The van der Waals surface area contributed by atoms with Crippen molar-refractivity contribution < 1.29 is 5.11 Å². The highest BCUT2D eigenvalue weighted by Crippen LogP contribution is 2.16. The molecule has 0 radical (unpaired) electrons. The van der Waals surface area contributed by atoms with Crippen LogP contribution in [0.25, 0.3) is 0 Å². The van der Waals surface area contributed by atoms with Crippen LogP contribution >= 0.6 is 11.8 Å². The van der Waals surface area contributed by atoms with Crippen LogP contribution in [0.1, 0.15) is 19.8 Å². The van der Waals surface area contributed by atoms with Crippen LogP contribution in [-0.4, -0.2) is 35.3 Å². The summed E-state index contributed by atoms with van der Waals surface area (Å²) >= 11 is 2.01. The predicted octanol–water partition coefficient (Wildman–Crippen LogP) is 0.852. The minimum Gasteiger partial charge on any atom is -0.395 e. The first-order chi connectivity index (χ1) is 5.33. The fraction of sp³-hybridized carbons (Fsp3) is 1.00. The van der Waals surface area contributed by atoms with E-state index in [-0.39, 0.29) is 12.6 Å². The average molecular weight is 175 g/mol. The molecule has 0 aliphatic carbocycles. The standard InChI is InChI=1S/C8H17NOS/c1-7(5-10)9-8-3-2-4-11-6-8/h7-10H,2-6H2,1H3/t7-,8?/m1/s1. The Balaban J connectivity index is 2.13. The van der Waals surface area contributed by atoms with Gasteiger partial charge >= 0.3 is 0 Å². The second-order valence-electron chi connectivity index (χ2n) is 3.16. The van der Waals surface area contributed by atoms with E-state index in [2.05, 4.69) is 5.32 Å². The van der Waals surface area contributed by atoms with Crippen molar-refractivity contribution in [2.45, 2.75) is 31.8 Å². The Morgan fingerprint density at radius 3 is 3.09 bits per heavy atom. The average Bonchev–Trinajstić information content (AvgIpc) is 2.06. The smallest absolute Gasteiger partial charge is 0.0582 e. The fourth-order valence-electron chi connectivity index (χ4n) is 1.33. The predicted molar refractivity (Wildman–Crippen MR) is 50.0 cm³/mol. The van der Waals surface area contributed by atoms with E-state index in [0.29, 0.717) is 6.04 Å². The molecular formula is C8H17NOS. The Morgan fingerprint density at radius 1 is 1.73 bits per heavy atom. The largest absolute Gasteiger partial charge is 0.395 e. The van der Waals surface area contributed by atoms with Gasteiger partial charge in [-0.15, -0.1) is 0 Å². The van der Waals surface area contributed by atoms with Gasteiger partial charge in [0.05, 0.1) is 6.61 Å². The van der Waals surface area contributed by atoms with Gasteiger partial charge in [0, 0.05) is 17.8 Å². The number of nitrogens with one attached hydrogen (secondary N) is 1. The van der Waals surface area contributed by atoms with Crippen LogP contribution in [0.4, 0.5) is 0 Å². The number of aliphatic hydroxyl groups is 1. The van der Waals surface area contributed by atoms with Crippen molar-refractivity contribution in [3.63, 3.8) is 0 Å². The summed E-state index contributed by atoms with van der Waals surface area (Å²) in [5.41, 5.74) is 0. The van der Waals surface area contributed by atoms with Gasteiger partial charge in [0.15, 0.2) is 0 Å². The number of hydrogen-bond acceptors (Lipinski definition) is 3. The second-order valence-corrected chi connectivity index (χ2v) is 4.31. The van der Waals surface area contributed by atoms with E-state index in [1.165, 1.54) is 24.3 Å². The molecule has 1 aliphatic heterocycles. The molecule has 1 unspecified atom stereocenters. The van der Waals surface area contributed by atoms with Gasteiger partial charge in [0.1, 0.15) is 0 Å². The molecule has 2 atom stereocenters. The molecule has 0 amide bonds. The molecule has 1 rings (SSSR count). The molecule has 1 heterocycles. The Labute approximate surface area is 72.8 Å². The summed E-state index contributed by atoms with van der Waals surface area (Å²) < 4.78 is 0. The van der Waals surface area contributed by atoms with Gasteiger partial charge in [-0.3, -0.25) is 0 Å². The summed E-state index contributed by atoms with van der Waals surface area (Å²) in [7, 11) is 0. The Bertz CT molecular complexity index is 104. The summed E-state index contributed by atoms with van der Waals surface area (Å²) in [6, 6.07) is 0.898. The first-order valence-corrected chi connectivity index (χ1v) is 5.43. The highest BCUT2D eigenvalue weighted by atomic mass is 32.2. The van der Waals surface area contributed by atoms with Gasteiger partial charge < -0.3 is 10.4 Å². The first kappa shape index (κ1) is 9.36. The number of hydrogen-bond donors (Lipinski definition) is 2. The van der Waals surface area contributed by atoms with E-state index >= 15 is 0 Å². The van der Waals surface area contributed by atoms with Gasteiger partial charge in [0.25, 0.3) is 0 Å². The Kier molecular flexibility index (Phi) is 4.26. The van der Waals surface area contributed by atoms with E-state index in [4.69, 9.17) is 5.11 Å². The lowest BCUT2D eigenvalue weighted by molar-refractivity contribution is 0.241. The Hall–Kier alpha value is 0.270. The molecule has 0 aromatic heterocycles. The Morgan fingerprint density at radius 2 is 2.55 bits per heavy atom. The highest BCUT2D eigenvalue weighted by molar-refractivity contribution is 7.99. The van der Waals surface area contributed by atoms with Crippen LogP contribution < -0.4 is 5.32 Å². The molecular weight excluding hydrogens is 158 g/mol. The molecule has 0 bridgehead atoms. The molecule has 0 aromatic carbocycles. The van der Waals surface area contributed by atoms with Crippen molar-refractivity contribution in [3.05, 3.63) is 0 Å². The van der Waals surface area contributed by atoms with Crippen molar-refractivity contribution in [3.8, 4) is 0 Å². The molecule has 66 valence electrons. The third-order valence-corrected chi connectivity index (χ3v) is 3.17. The van der Waals surface area contributed by atoms with Crippen molar-refractivity contribution in [2.75, 3.05) is 18.1 Å². The molecule has 0 saturated carbocycles. The fourth-order valence-corrected chi connectivity index (χ4v) is 2.41. The highest BCUT2D eigenvalue weighted by Gasteiger charge is 2.14. The topological polar surface area (TPSA) is 32.3 Å². The summed E-state index contributed by atoms with van der Waals surface area (Å²) in [6.45, 7) is 2.28.